The molecule has 1 atom stereocenters. The molecule has 43 heavy (non-hydrogen) atoms. The molecule has 3 heterocycles. The average Bonchev–Trinajstić information content (AvgIpc) is 3.17. The second-order valence-corrected chi connectivity index (χ2v) is 12.4. The smallest absolute Gasteiger partial charge is 0.258 e. The van der Waals surface area contributed by atoms with Crippen molar-refractivity contribution in [3.63, 3.8) is 0 Å². The number of carbonyl (C=O) groups excluding carboxylic acids is 3. The Labute approximate surface area is 258 Å². The molecule has 1 N–H and O–H groups in total. The van der Waals surface area contributed by atoms with Gasteiger partial charge in [0.1, 0.15) is 0 Å². The molecule has 0 spiro atoms. The Morgan fingerprint density at radius 1 is 1.14 bits per heavy atom. The maximum atomic E-state index is 13.4. The summed E-state index contributed by atoms with van der Waals surface area (Å²) in [7, 11) is 1.89. The predicted molar refractivity (Wildman–Crippen MR) is 169 cm³/mol. The zero-order chi connectivity index (χ0) is 30.7. The van der Waals surface area contributed by atoms with E-state index in [1.54, 1.807) is 25.3 Å². The van der Waals surface area contributed by atoms with Gasteiger partial charge in [-0.1, -0.05) is 18.2 Å². The zero-order valence-corrected chi connectivity index (χ0v) is 26.1. The van der Waals surface area contributed by atoms with Gasteiger partial charge >= 0.3 is 0 Å². The van der Waals surface area contributed by atoms with Gasteiger partial charge in [0, 0.05) is 50.6 Å². The number of amides is 3. The third-order valence-electron chi connectivity index (χ3n) is 9.07. The summed E-state index contributed by atoms with van der Waals surface area (Å²) in [5.41, 5.74) is 3.83. The van der Waals surface area contributed by atoms with Crippen LogP contribution in [-0.4, -0.2) is 68.2 Å². The Hall–Kier alpha value is -3.72. The molecule has 2 aromatic heterocycles. The highest BCUT2D eigenvalue weighted by Gasteiger charge is 2.29. The number of halogens is 1. The van der Waals surface area contributed by atoms with Crippen molar-refractivity contribution in [2.24, 2.45) is 5.92 Å². The van der Waals surface area contributed by atoms with Crippen molar-refractivity contribution in [1.29, 1.82) is 0 Å². The lowest BCUT2D eigenvalue weighted by atomic mass is 9.82. The fraction of sp³-hybridized carbons (Fsp3) is 0.485. The maximum absolute atomic E-state index is 13.4. The number of benzene rings is 1. The van der Waals surface area contributed by atoms with Gasteiger partial charge in [-0.05, 0) is 100 Å². The minimum absolute atomic E-state index is 0.105. The first-order valence-corrected chi connectivity index (χ1v) is 15.6. The van der Waals surface area contributed by atoms with Crippen molar-refractivity contribution in [3.8, 4) is 0 Å². The first-order valence-electron chi connectivity index (χ1n) is 15.2. The molecule has 1 aliphatic heterocycles. The van der Waals surface area contributed by atoms with E-state index in [0.717, 1.165) is 73.7 Å². The third kappa shape index (κ3) is 6.93. The highest BCUT2D eigenvalue weighted by atomic mass is 35.5. The van der Waals surface area contributed by atoms with E-state index in [4.69, 9.17) is 16.6 Å². The van der Waals surface area contributed by atoms with E-state index in [1.165, 1.54) is 6.08 Å². The van der Waals surface area contributed by atoms with E-state index in [9.17, 15) is 14.4 Å². The Balaban J connectivity index is 1.47. The van der Waals surface area contributed by atoms with Gasteiger partial charge in [-0.15, -0.1) is 0 Å². The lowest BCUT2D eigenvalue weighted by Gasteiger charge is -2.34. The van der Waals surface area contributed by atoms with E-state index in [-0.39, 0.29) is 23.8 Å². The van der Waals surface area contributed by atoms with Crippen molar-refractivity contribution in [2.45, 2.75) is 77.3 Å². The average molecular weight is 605 g/mol. The highest BCUT2D eigenvalue weighted by molar-refractivity contribution is 6.35. The Kier molecular flexibility index (Phi) is 9.49. The SMILES string of the molecule is C=CC(=O)N1CCCC[C@@H](n2c(NC(=O)c3ccnc(C)c3)nc3cc(CC4CCC(N(C)C(C)=O)CC4)cc(Cl)c32)C1. The van der Waals surface area contributed by atoms with Crippen molar-refractivity contribution < 1.29 is 14.4 Å². The zero-order valence-electron chi connectivity index (χ0n) is 25.3. The van der Waals surface area contributed by atoms with Gasteiger partial charge in [-0.3, -0.25) is 24.7 Å². The van der Waals surface area contributed by atoms with Crippen LogP contribution in [-0.2, 0) is 16.0 Å². The largest absolute Gasteiger partial charge is 0.343 e. The Bertz CT molecular complexity index is 1530. The topological polar surface area (TPSA) is 100 Å². The minimum atomic E-state index is -0.279. The number of aryl methyl sites for hydroxylation is 1. The number of pyridine rings is 1. The number of likely N-dealkylation sites (tertiary alicyclic amines) is 1. The van der Waals surface area contributed by atoms with Crippen LogP contribution in [0.3, 0.4) is 0 Å². The second kappa shape index (κ2) is 13.3. The van der Waals surface area contributed by atoms with Gasteiger partial charge in [0.2, 0.25) is 17.8 Å². The van der Waals surface area contributed by atoms with E-state index in [0.29, 0.717) is 41.6 Å². The Morgan fingerprint density at radius 3 is 2.60 bits per heavy atom. The lowest BCUT2D eigenvalue weighted by Crippen LogP contribution is -2.38. The van der Waals surface area contributed by atoms with Crippen molar-refractivity contribution in [1.82, 2.24) is 24.3 Å². The molecule has 5 rings (SSSR count). The number of carbonyl (C=O) groups is 3. The first kappa shape index (κ1) is 30.7. The molecule has 9 nitrogen and oxygen atoms in total. The molecule has 10 heteroatoms. The van der Waals surface area contributed by atoms with Crippen molar-refractivity contribution >= 4 is 46.3 Å². The van der Waals surface area contributed by atoms with Crippen LogP contribution in [0.1, 0.15) is 79.5 Å². The van der Waals surface area contributed by atoms with Gasteiger partial charge in [-0.25, -0.2) is 4.98 Å². The molecular weight excluding hydrogens is 564 g/mol. The van der Waals surface area contributed by atoms with E-state index in [2.05, 4.69) is 22.9 Å². The monoisotopic (exact) mass is 604 g/mol. The van der Waals surface area contributed by atoms with Gasteiger partial charge in [-0.2, -0.15) is 0 Å². The molecule has 228 valence electrons. The number of anilines is 1. The van der Waals surface area contributed by atoms with Crippen molar-refractivity contribution in [2.75, 3.05) is 25.5 Å². The highest BCUT2D eigenvalue weighted by Crippen LogP contribution is 2.37. The van der Waals surface area contributed by atoms with Crippen LogP contribution >= 0.6 is 11.6 Å². The molecule has 1 aliphatic carbocycles. The number of imidazole rings is 1. The number of aromatic nitrogens is 3. The van der Waals surface area contributed by atoms with E-state index >= 15 is 0 Å². The number of hydrogen-bond donors (Lipinski definition) is 1. The molecule has 1 saturated heterocycles. The number of rotatable bonds is 7. The fourth-order valence-corrected chi connectivity index (χ4v) is 6.97. The Morgan fingerprint density at radius 2 is 1.91 bits per heavy atom. The summed E-state index contributed by atoms with van der Waals surface area (Å²) in [5.74, 6) is 0.648. The minimum Gasteiger partial charge on any atom is -0.343 e. The summed E-state index contributed by atoms with van der Waals surface area (Å²) < 4.78 is 2.02. The predicted octanol–water partition coefficient (Wildman–Crippen LogP) is 5.96. The molecular formula is C33H41ClN6O3. The number of fused-ring (bicyclic) bond motifs is 1. The lowest BCUT2D eigenvalue weighted by molar-refractivity contribution is -0.130. The van der Waals surface area contributed by atoms with Crippen LogP contribution in [0.15, 0.2) is 43.1 Å². The first-order chi connectivity index (χ1) is 20.6. The van der Waals surface area contributed by atoms with Gasteiger partial charge in [0.05, 0.1) is 22.1 Å². The van der Waals surface area contributed by atoms with Crippen LogP contribution in [0.25, 0.3) is 11.0 Å². The van der Waals surface area contributed by atoms with Crippen LogP contribution in [0.5, 0.6) is 0 Å². The van der Waals surface area contributed by atoms with Crippen LogP contribution in [0, 0.1) is 12.8 Å². The standard InChI is InChI=1S/C33H41ClN6O3/c1-5-30(42)39-15-7-6-8-27(20-39)40-31-28(34)18-24(17-23-9-11-26(12-10-23)38(4)22(3)41)19-29(31)36-33(40)37-32(43)25-13-14-35-21(2)16-25/h5,13-14,16,18-19,23,26-27H,1,6-12,15,17,20H2,2-4H3,(H,36,37,43)/t23?,26?,27-/m1/s1. The molecule has 3 amide bonds. The molecule has 2 aliphatic rings. The summed E-state index contributed by atoms with van der Waals surface area (Å²) in [6.07, 6.45) is 10.6. The fourth-order valence-electron chi connectivity index (χ4n) is 6.65. The quantitative estimate of drug-likeness (QED) is 0.335. The maximum Gasteiger partial charge on any atom is 0.258 e. The van der Waals surface area contributed by atoms with Gasteiger partial charge in [0.25, 0.3) is 5.91 Å². The molecule has 1 saturated carbocycles. The molecule has 0 unspecified atom stereocenters. The molecule has 0 bridgehead atoms. The van der Waals surface area contributed by atoms with E-state index in [1.807, 2.05) is 34.4 Å². The van der Waals surface area contributed by atoms with Crippen LogP contribution in [0.4, 0.5) is 5.95 Å². The van der Waals surface area contributed by atoms with Gasteiger partial charge in [0.15, 0.2) is 0 Å². The summed E-state index contributed by atoms with van der Waals surface area (Å²) in [4.78, 5) is 50.6. The molecule has 3 aromatic rings. The second-order valence-electron chi connectivity index (χ2n) is 12.0. The van der Waals surface area contributed by atoms with Gasteiger partial charge < -0.3 is 14.4 Å². The summed E-state index contributed by atoms with van der Waals surface area (Å²) in [5, 5.41) is 3.62. The van der Waals surface area contributed by atoms with Crippen LogP contribution in [0.2, 0.25) is 5.02 Å². The molecule has 0 radical (unpaired) electrons. The number of nitrogens with one attached hydrogen (secondary N) is 1. The summed E-state index contributed by atoms with van der Waals surface area (Å²) >= 11 is 7.04. The normalized spacial score (nSPS) is 20.8. The number of hydrogen-bond acceptors (Lipinski definition) is 5. The molecule has 2 fully saturated rings. The van der Waals surface area contributed by atoms with Crippen molar-refractivity contribution in [3.05, 3.63) is 65.0 Å². The van der Waals surface area contributed by atoms with Crippen LogP contribution < -0.4 is 5.32 Å². The van der Waals surface area contributed by atoms with E-state index < -0.39 is 0 Å². The number of nitrogens with zero attached hydrogens (tertiary/aromatic N) is 5. The third-order valence-corrected chi connectivity index (χ3v) is 9.35. The summed E-state index contributed by atoms with van der Waals surface area (Å²) in [6, 6.07) is 7.71. The molecule has 1 aromatic carbocycles. The summed E-state index contributed by atoms with van der Waals surface area (Å²) in [6.45, 7) is 8.29.